The molecular weight excluding hydrogens is 526 g/mol. The van der Waals surface area contributed by atoms with E-state index in [2.05, 4.69) is 15.8 Å². The Morgan fingerprint density at radius 1 is 0.805 bits per heavy atom. The molecule has 10 heteroatoms. The van der Waals surface area contributed by atoms with Crippen molar-refractivity contribution in [2.24, 2.45) is 5.10 Å². The summed E-state index contributed by atoms with van der Waals surface area (Å²) in [5.41, 5.74) is 5.55. The summed E-state index contributed by atoms with van der Waals surface area (Å²) < 4.78 is 21.5. The smallest absolute Gasteiger partial charge is 0.343 e. The minimum atomic E-state index is -0.505. The van der Waals surface area contributed by atoms with E-state index in [-0.39, 0.29) is 18.4 Å². The standard InChI is InChI=1S/C31H25N3O7/c1-19-5-3-7-23(13-19)31(37)41-26-11-9-20(14-27(26)38-2)17-32-34-30(36)21-6-4-8-24(15-21)33-29(35)22-10-12-25-28(16-22)40-18-39-25/h3-17H,18H2,1-2H3,(H,33,35)(H,34,36). The molecule has 5 rings (SSSR count). The van der Waals surface area contributed by atoms with Crippen LogP contribution in [0.1, 0.15) is 42.2 Å². The average molecular weight is 552 g/mol. The van der Waals surface area contributed by atoms with Gasteiger partial charge >= 0.3 is 5.97 Å². The summed E-state index contributed by atoms with van der Waals surface area (Å²) in [7, 11) is 1.46. The first kappa shape index (κ1) is 26.9. The monoisotopic (exact) mass is 551 g/mol. The van der Waals surface area contributed by atoms with Gasteiger partial charge in [0.2, 0.25) is 6.79 Å². The molecule has 0 fully saturated rings. The Labute approximate surface area is 235 Å². The zero-order valence-electron chi connectivity index (χ0n) is 22.2. The molecule has 0 saturated carbocycles. The number of hydrazone groups is 1. The normalized spacial score (nSPS) is 11.7. The van der Waals surface area contributed by atoms with Crippen molar-refractivity contribution in [1.29, 1.82) is 0 Å². The Morgan fingerprint density at radius 3 is 2.41 bits per heavy atom. The predicted octanol–water partition coefficient (Wildman–Crippen LogP) is 4.97. The number of anilines is 1. The van der Waals surface area contributed by atoms with Gasteiger partial charge in [0, 0.05) is 16.8 Å². The van der Waals surface area contributed by atoms with Crippen LogP contribution in [0.15, 0.2) is 90.0 Å². The summed E-state index contributed by atoms with van der Waals surface area (Å²) >= 11 is 0. The number of benzene rings is 4. The SMILES string of the molecule is COc1cc(C=NNC(=O)c2cccc(NC(=O)c3ccc4c(c3)OCO4)c2)ccc1OC(=O)c1cccc(C)c1. The van der Waals surface area contributed by atoms with Crippen molar-refractivity contribution >= 4 is 29.7 Å². The molecule has 41 heavy (non-hydrogen) atoms. The molecule has 1 heterocycles. The van der Waals surface area contributed by atoms with E-state index in [4.69, 9.17) is 18.9 Å². The second-order valence-electron chi connectivity index (χ2n) is 8.97. The van der Waals surface area contributed by atoms with Gasteiger partial charge in [-0.05, 0) is 79.2 Å². The Balaban J connectivity index is 1.20. The molecule has 4 aromatic carbocycles. The van der Waals surface area contributed by atoms with E-state index in [1.54, 1.807) is 72.8 Å². The van der Waals surface area contributed by atoms with Gasteiger partial charge in [-0.15, -0.1) is 0 Å². The van der Waals surface area contributed by atoms with Crippen molar-refractivity contribution in [3.8, 4) is 23.0 Å². The minimum Gasteiger partial charge on any atom is -0.493 e. The third-order valence-electron chi connectivity index (χ3n) is 6.04. The molecule has 0 unspecified atom stereocenters. The molecule has 4 aromatic rings. The maximum Gasteiger partial charge on any atom is 0.343 e. The Hall–Kier alpha value is -5.64. The summed E-state index contributed by atoms with van der Waals surface area (Å²) in [6.07, 6.45) is 1.43. The highest BCUT2D eigenvalue weighted by Gasteiger charge is 2.17. The number of methoxy groups -OCH3 is 1. The average Bonchev–Trinajstić information content (AvgIpc) is 3.46. The van der Waals surface area contributed by atoms with E-state index in [1.807, 2.05) is 13.0 Å². The molecular formula is C31H25N3O7. The number of hydrogen-bond donors (Lipinski definition) is 2. The Morgan fingerprint density at radius 2 is 1.59 bits per heavy atom. The van der Waals surface area contributed by atoms with Gasteiger partial charge in [0.05, 0.1) is 18.9 Å². The number of hydrogen-bond acceptors (Lipinski definition) is 8. The third kappa shape index (κ3) is 6.51. The number of carbonyl (C=O) groups is 3. The van der Waals surface area contributed by atoms with Crippen molar-refractivity contribution in [3.63, 3.8) is 0 Å². The summed E-state index contributed by atoms with van der Waals surface area (Å²) in [5.74, 6) is 0.315. The van der Waals surface area contributed by atoms with E-state index in [1.165, 1.54) is 19.4 Å². The van der Waals surface area contributed by atoms with E-state index in [0.29, 0.717) is 45.2 Å². The third-order valence-corrected chi connectivity index (χ3v) is 6.04. The molecule has 2 N–H and O–H groups in total. The lowest BCUT2D eigenvalue weighted by atomic mass is 10.1. The van der Waals surface area contributed by atoms with Gasteiger partial charge < -0.3 is 24.3 Å². The molecule has 0 aliphatic carbocycles. The highest BCUT2D eigenvalue weighted by Crippen LogP contribution is 2.33. The second kappa shape index (κ2) is 12.0. The largest absolute Gasteiger partial charge is 0.493 e. The summed E-state index contributed by atoms with van der Waals surface area (Å²) in [6.45, 7) is 2.00. The summed E-state index contributed by atoms with van der Waals surface area (Å²) in [4.78, 5) is 37.9. The lowest BCUT2D eigenvalue weighted by molar-refractivity contribution is 0.0729. The lowest BCUT2D eigenvalue weighted by Crippen LogP contribution is -2.18. The molecule has 0 bridgehead atoms. The van der Waals surface area contributed by atoms with Crippen LogP contribution in [0.5, 0.6) is 23.0 Å². The fraction of sp³-hybridized carbons (Fsp3) is 0.0968. The van der Waals surface area contributed by atoms with Crippen LogP contribution in [0.25, 0.3) is 0 Å². The molecule has 1 aliphatic heterocycles. The van der Waals surface area contributed by atoms with Gasteiger partial charge in [0.1, 0.15) is 0 Å². The van der Waals surface area contributed by atoms with E-state index >= 15 is 0 Å². The fourth-order valence-corrected chi connectivity index (χ4v) is 3.99. The number of esters is 1. The van der Waals surface area contributed by atoms with Gasteiger partial charge in [-0.3, -0.25) is 9.59 Å². The van der Waals surface area contributed by atoms with Gasteiger partial charge in [0.25, 0.3) is 11.8 Å². The first-order chi connectivity index (χ1) is 19.9. The number of amides is 2. The van der Waals surface area contributed by atoms with Crippen LogP contribution in [0.3, 0.4) is 0 Å². The zero-order valence-corrected chi connectivity index (χ0v) is 22.2. The quantitative estimate of drug-likeness (QED) is 0.137. The van der Waals surface area contributed by atoms with Crippen LogP contribution in [0.4, 0.5) is 5.69 Å². The summed E-state index contributed by atoms with van der Waals surface area (Å²) in [5, 5.41) is 6.78. The molecule has 206 valence electrons. The minimum absolute atomic E-state index is 0.114. The highest BCUT2D eigenvalue weighted by atomic mass is 16.7. The Kier molecular flexibility index (Phi) is 7.91. The summed E-state index contributed by atoms with van der Waals surface area (Å²) in [6, 6.07) is 23.3. The molecule has 0 radical (unpaired) electrons. The predicted molar refractivity (Wildman–Crippen MR) is 151 cm³/mol. The van der Waals surface area contributed by atoms with Crippen LogP contribution in [0.2, 0.25) is 0 Å². The number of aryl methyl sites for hydroxylation is 1. The van der Waals surface area contributed by atoms with Crippen LogP contribution in [-0.4, -0.2) is 37.9 Å². The maximum absolute atomic E-state index is 12.7. The molecule has 0 aromatic heterocycles. The number of nitrogens with zero attached hydrogens (tertiary/aromatic N) is 1. The Bertz CT molecular complexity index is 1670. The number of rotatable bonds is 8. The molecule has 0 atom stereocenters. The van der Waals surface area contributed by atoms with E-state index in [0.717, 1.165) is 5.56 Å². The van der Waals surface area contributed by atoms with Crippen LogP contribution >= 0.6 is 0 Å². The van der Waals surface area contributed by atoms with Crippen LogP contribution in [-0.2, 0) is 0 Å². The van der Waals surface area contributed by atoms with Crippen molar-refractivity contribution in [2.75, 3.05) is 19.2 Å². The first-order valence-electron chi connectivity index (χ1n) is 12.5. The molecule has 0 spiro atoms. The topological polar surface area (TPSA) is 125 Å². The molecule has 10 nitrogen and oxygen atoms in total. The number of fused-ring (bicyclic) bond motifs is 1. The van der Waals surface area contributed by atoms with Gasteiger partial charge in [-0.25, -0.2) is 10.2 Å². The fourth-order valence-electron chi connectivity index (χ4n) is 3.99. The van der Waals surface area contributed by atoms with Crippen molar-refractivity contribution in [1.82, 2.24) is 5.43 Å². The maximum atomic E-state index is 12.7. The van der Waals surface area contributed by atoms with E-state index < -0.39 is 11.9 Å². The molecule has 1 aliphatic rings. The van der Waals surface area contributed by atoms with Crippen molar-refractivity contribution in [2.45, 2.75) is 6.92 Å². The van der Waals surface area contributed by atoms with E-state index in [9.17, 15) is 14.4 Å². The van der Waals surface area contributed by atoms with Gasteiger partial charge in [0.15, 0.2) is 23.0 Å². The number of nitrogens with one attached hydrogen (secondary N) is 2. The van der Waals surface area contributed by atoms with Crippen LogP contribution in [0, 0.1) is 6.92 Å². The van der Waals surface area contributed by atoms with Crippen molar-refractivity contribution in [3.05, 3.63) is 113 Å². The van der Waals surface area contributed by atoms with Crippen molar-refractivity contribution < 1.29 is 33.3 Å². The number of ether oxygens (including phenoxy) is 4. The first-order valence-corrected chi connectivity index (χ1v) is 12.5. The molecule has 0 saturated heterocycles. The van der Waals surface area contributed by atoms with Gasteiger partial charge in [-0.1, -0.05) is 23.8 Å². The lowest BCUT2D eigenvalue weighted by Gasteiger charge is -2.10. The van der Waals surface area contributed by atoms with Crippen LogP contribution < -0.4 is 29.7 Å². The number of carbonyl (C=O) groups excluding carboxylic acids is 3. The highest BCUT2D eigenvalue weighted by molar-refractivity contribution is 6.05. The van der Waals surface area contributed by atoms with Gasteiger partial charge in [-0.2, -0.15) is 5.10 Å². The zero-order chi connectivity index (χ0) is 28.8. The molecule has 2 amide bonds. The second-order valence-corrected chi connectivity index (χ2v) is 8.97.